The molecule has 0 aliphatic rings. The molecule has 0 aromatic heterocycles. The Morgan fingerprint density at radius 3 is 2.08 bits per heavy atom. The van der Waals surface area contributed by atoms with Crippen LogP contribution in [0.1, 0.15) is 27.7 Å². The van der Waals surface area contributed by atoms with Gasteiger partial charge in [0.1, 0.15) is 0 Å². The van der Waals surface area contributed by atoms with Crippen molar-refractivity contribution in [2.24, 2.45) is 0 Å². The molecule has 0 bridgehead atoms. The molecule has 0 heterocycles. The summed E-state index contributed by atoms with van der Waals surface area (Å²) in [6.07, 6.45) is -0.337. The van der Waals surface area contributed by atoms with Crippen molar-refractivity contribution in [3.8, 4) is 0 Å². The zero-order valence-corrected chi connectivity index (χ0v) is 8.54. The third-order valence-corrected chi connectivity index (χ3v) is 1.80. The first-order chi connectivity index (χ1) is 5.38. The first-order valence-electron chi connectivity index (χ1n) is 4.42. The Labute approximate surface area is 75.0 Å². The van der Waals surface area contributed by atoms with Gasteiger partial charge in [0.15, 0.2) is 0 Å². The van der Waals surface area contributed by atoms with E-state index in [1.54, 1.807) is 6.92 Å². The van der Waals surface area contributed by atoms with Crippen molar-refractivity contribution in [1.82, 2.24) is 4.90 Å². The third kappa shape index (κ3) is 4.70. The molecular formula is C9H21NO2. The van der Waals surface area contributed by atoms with Crippen molar-refractivity contribution in [3.05, 3.63) is 0 Å². The molecule has 0 rings (SSSR count). The Kier molecular flexibility index (Phi) is 4.75. The fourth-order valence-corrected chi connectivity index (χ4v) is 1.14. The van der Waals surface area contributed by atoms with E-state index in [0.29, 0.717) is 13.1 Å². The standard InChI is InChI=1S/C9H21NO2/c1-8(12)7-10(5-6-11)9(2,3)4/h8,11-12H,5-7H2,1-4H3. The fourth-order valence-electron chi connectivity index (χ4n) is 1.14. The molecule has 1 unspecified atom stereocenters. The number of aliphatic hydroxyl groups excluding tert-OH is 2. The van der Waals surface area contributed by atoms with E-state index in [2.05, 4.69) is 25.7 Å². The van der Waals surface area contributed by atoms with Crippen molar-refractivity contribution >= 4 is 0 Å². The van der Waals surface area contributed by atoms with Gasteiger partial charge < -0.3 is 10.2 Å². The number of rotatable bonds is 4. The highest BCUT2D eigenvalue weighted by molar-refractivity contribution is 4.77. The van der Waals surface area contributed by atoms with Crippen molar-refractivity contribution in [2.75, 3.05) is 19.7 Å². The Balaban J connectivity index is 4.04. The highest BCUT2D eigenvalue weighted by Crippen LogP contribution is 2.12. The van der Waals surface area contributed by atoms with E-state index in [1.165, 1.54) is 0 Å². The monoisotopic (exact) mass is 175 g/mol. The summed E-state index contributed by atoms with van der Waals surface area (Å²) in [6.45, 7) is 9.36. The predicted octanol–water partition coefficient (Wildman–Crippen LogP) is 0.460. The maximum Gasteiger partial charge on any atom is 0.0639 e. The lowest BCUT2D eigenvalue weighted by atomic mass is 10.1. The molecule has 0 fully saturated rings. The maximum absolute atomic E-state index is 9.19. The zero-order valence-electron chi connectivity index (χ0n) is 8.54. The SMILES string of the molecule is CC(O)CN(CCO)C(C)(C)C. The molecule has 0 amide bonds. The van der Waals surface area contributed by atoms with Crippen LogP contribution in [-0.2, 0) is 0 Å². The van der Waals surface area contributed by atoms with E-state index in [0.717, 1.165) is 0 Å². The van der Waals surface area contributed by atoms with Crippen LogP contribution in [0.3, 0.4) is 0 Å². The minimum Gasteiger partial charge on any atom is -0.395 e. The van der Waals surface area contributed by atoms with E-state index in [1.807, 2.05) is 0 Å². The maximum atomic E-state index is 9.19. The summed E-state index contributed by atoms with van der Waals surface area (Å²) in [5.41, 5.74) is 0.0136. The molecule has 0 aliphatic carbocycles. The first-order valence-corrected chi connectivity index (χ1v) is 4.42. The van der Waals surface area contributed by atoms with Crippen LogP contribution in [0.25, 0.3) is 0 Å². The van der Waals surface area contributed by atoms with E-state index < -0.39 is 0 Å². The van der Waals surface area contributed by atoms with Crippen molar-refractivity contribution < 1.29 is 10.2 Å². The van der Waals surface area contributed by atoms with Gasteiger partial charge >= 0.3 is 0 Å². The fraction of sp³-hybridized carbons (Fsp3) is 1.00. The minimum absolute atomic E-state index is 0.0136. The Morgan fingerprint density at radius 1 is 1.33 bits per heavy atom. The van der Waals surface area contributed by atoms with Crippen LogP contribution in [0.2, 0.25) is 0 Å². The van der Waals surface area contributed by atoms with Crippen LogP contribution in [0.15, 0.2) is 0 Å². The highest BCUT2D eigenvalue weighted by atomic mass is 16.3. The Bertz CT molecular complexity index is 118. The molecule has 0 saturated heterocycles. The second kappa shape index (κ2) is 4.80. The molecule has 2 N–H and O–H groups in total. The topological polar surface area (TPSA) is 43.7 Å². The molecule has 0 aromatic rings. The van der Waals surface area contributed by atoms with Crippen LogP contribution >= 0.6 is 0 Å². The largest absolute Gasteiger partial charge is 0.395 e. The quantitative estimate of drug-likeness (QED) is 0.652. The summed E-state index contributed by atoms with van der Waals surface area (Å²) in [5.74, 6) is 0. The molecular weight excluding hydrogens is 154 g/mol. The van der Waals surface area contributed by atoms with Gasteiger partial charge in [0.25, 0.3) is 0 Å². The summed E-state index contributed by atoms with van der Waals surface area (Å²) in [6, 6.07) is 0. The molecule has 74 valence electrons. The van der Waals surface area contributed by atoms with Crippen LogP contribution in [0, 0.1) is 0 Å². The van der Waals surface area contributed by atoms with Crippen LogP contribution < -0.4 is 0 Å². The molecule has 1 atom stereocenters. The van der Waals surface area contributed by atoms with Gasteiger partial charge in [-0.2, -0.15) is 0 Å². The second-order valence-corrected chi connectivity index (χ2v) is 4.19. The molecule has 3 heteroatoms. The molecule has 0 radical (unpaired) electrons. The highest BCUT2D eigenvalue weighted by Gasteiger charge is 2.21. The Morgan fingerprint density at radius 2 is 1.83 bits per heavy atom. The average molecular weight is 175 g/mol. The third-order valence-electron chi connectivity index (χ3n) is 1.80. The van der Waals surface area contributed by atoms with Crippen LogP contribution in [0.4, 0.5) is 0 Å². The van der Waals surface area contributed by atoms with Crippen LogP contribution in [0.5, 0.6) is 0 Å². The molecule has 0 aliphatic heterocycles. The van der Waals surface area contributed by atoms with Gasteiger partial charge in [-0.1, -0.05) is 0 Å². The number of aliphatic hydroxyl groups is 2. The van der Waals surface area contributed by atoms with E-state index in [4.69, 9.17) is 5.11 Å². The van der Waals surface area contributed by atoms with Gasteiger partial charge in [-0.3, -0.25) is 4.90 Å². The second-order valence-electron chi connectivity index (χ2n) is 4.19. The summed E-state index contributed by atoms with van der Waals surface area (Å²) >= 11 is 0. The number of nitrogens with zero attached hydrogens (tertiary/aromatic N) is 1. The predicted molar refractivity (Wildman–Crippen MR) is 50.1 cm³/mol. The Hall–Kier alpha value is -0.120. The zero-order chi connectivity index (χ0) is 9.78. The lowest BCUT2D eigenvalue weighted by Gasteiger charge is -2.35. The first kappa shape index (κ1) is 11.9. The van der Waals surface area contributed by atoms with Gasteiger partial charge in [-0.25, -0.2) is 0 Å². The number of β-amino-alcohol motifs (C(OH)–C–C–N with tert-alkyl or cyclic N) is 2. The normalized spacial score (nSPS) is 15.2. The molecule has 12 heavy (non-hydrogen) atoms. The molecule has 3 nitrogen and oxygen atoms in total. The van der Waals surface area contributed by atoms with Crippen LogP contribution in [-0.4, -0.2) is 46.5 Å². The molecule has 0 aromatic carbocycles. The minimum atomic E-state index is -0.337. The molecule has 0 spiro atoms. The van der Waals surface area contributed by atoms with Gasteiger partial charge in [0.2, 0.25) is 0 Å². The van der Waals surface area contributed by atoms with E-state index in [9.17, 15) is 5.11 Å². The van der Waals surface area contributed by atoms with Gasteiger partial charge in [-0.05, 0) is 27.7 Å². The summed E-state index contributed by atoms with van der Waals surface area (Å²) in [7, 11) is 0. The van der Waals surface area contributed by atoms with Crippen molar-refractivity contribution in [2.45, 2.75) is 39.3 Å². The lowest BCUT2D eigenvalue weighted by molar-refractivity contribution is 0.0531. The van der Waals surface area contributed by atoms with Gasteiger partial charge in [0.05, 0.1) is 12.7 Å². The molecule has 0 saturated carbocycles. The van der Waals surface area contributed by atoms with E-state index >= 15 is 0 Å². The average Bonchev–Trinajstić information content (AvgIpc) is 1.83. The van der Waals surface area contributed by atoms with Gasteiger partial charge in [0, 0.05) is 18.6 Å². The summed E-state index contributed by atoms with van der Waals surface area (Å²) in [4.78, 5) is 2.07. The van der Waals surface area contributed by atoms with Crippen molar-refractivity contribution in [3.63, 3.8) is 0 Å². The number of hydrogen-bond donors (Lipinski definition) is 2. The number of hydrogen-bond acceptors (Lipinski definition) is 3. The van der Waals surface area contributed by atoms with Crippen molar-refractivity contribution in [1.29, 1.82) is 0 Å². The smallest absolute Gasteiger partial charge is 0.0639 e. The lowest BCUT2D eigenvalue weighted by Crippen LogP contribution is -2.46. The summed E-state index contributed by atoms with van der Waals surface area (Å²) < 4.78 is 0. The summed E-state index contributed by atoms with van der Waals surface area (Å²) in [5, 5.41) is 18.0. The van der Waals surface area contributed by atoms with E-state index in [-0.39, 0.29) is 18.2 Å². The van der Waals surface area contributed by atoms with Gasteiger partial charge in [-0.15, -0.1) is 0 Å².